The standard InChI is InChI=1S/C13H26N4/c1-11(2)16(5)8-6-7-9-17-10-12(3)15-13(17)14-4/h10-11H,6-9H2,1-5H3,(H,14,15). The van der Waals surface area contributed by atoms with Gasteiger partial charge in [-0.25, -0.2) is 4.98 Å². The molecule has 0 aliphatic carbocycles. The molecule has 0 aliphatic rings. The van der Waals surface area contributed by atoms with Gasteiger partial charge in [0.15, 0.2) is 0 Å². The molecule has 0 aromatic carbocycles. The Labute approximate surface area is 105 Å². The van der Waals surface area contributed by atoms with Crippen LogP contribution in [0.1, 0.15) is 32.4 Å². The number of hydrogen-bond acceptors (Lipinski definition) is 3. The van der Waals surface area contributed by atoms with Gasteiger partial charge >= 0.3 is 0 Å². The second kappa shape index (κ2) is 6.64. The van der Waals surface area contributed by atoms with Crippen molar-refractivity contribution < 1.29 is 0 Å². The van der Waals surface area contributed by atoms with E-state index < -0.39 is 0 Å². The quantitative estimate of drug-likeness (QED) is 0.740. The zero-order chi connectivity index (χ0) is 12.8. The highest BCUT2D eigenvalue weighted by Crippen LogP contribution is 2.09. The van der Waals surface area contributed by atoms with Gasteiger partial charge in [0, 0.05) is 25.8 Å². The lowest BCUT2D eigenvalue weighted by molar-refractivity contribution is 0.266. The molecule has 0 atom stereocenters. The number of nitrogens with one attached hydrogen (secondary N) is 1. The van der Waals surface area contributed by atoms with Gasteiger partial charge in [0.2, 0.25) is 5.95 Å². The Bertz CT molecular complexity index is 330. The molecule has 0 unspecified atom stereocenters. The van der Waals surface area contributed by atoms with Gasteiger partial charge in [-0.3, -0.25) is 0 Å². The average Bonchev–Trinajstić information content (AvgIpc) is 2.64. The van der Waals surface area contributed by atoms with E-state index in [0.717, 1.165) is 18.2 Å². The molecule has 98 valence electrons. The summed E-state index contributed by atoms with van der Waals surface area (Å²) >= 11 is 0. The smallest absolute Gasteiger partial charge is 0.202 e. The van der Waals surface area contributed by atoms with Gasteiger partial charge < -0.3 is 14.8 Å². The summed E-state index contributed by atoms with van der Waals surface area (Å²) in [5.41, 5.74) is 1.08. The van der Waals surface area contributed by atoms with Crippen LogP contribution in [-0.4, -0.2) is 41.1 Å². The number of imidazole rings is 1. The number of aryl methyl sites for hydroxylation is 2. The lowest BCUT2D eigenvalue weighted by Crippen LogP contribution is -2.27. The van der Waals surface area contributed by atoms with Gasteiger partial charge in [0.1, 0.15) is 0 Å². The lowest BCUT2D eigenvalue weighted by atomic mass is 10.2. The van der Waals surface area contributed by atoms with Crippen molar-refractivity contribution in [2.24, 2.45) is 0 Å². The van der Waals surface area contributed by atoms with Crippen LogP contribution in [0.5, 0.6) is 0 Å². The molecule has 4 nitrogen and oxygen atoms in total. The molecular formula is C13H26N4. The molecule has 1 aromatic heterocycles. The van der Waals surface area contributed by atoms with Crippen molar-refractivity contribution in [2.45, 2.75) is 46.2 Å². The summed E-state index contributed by atoms with van der Waals surface area (Å²) in [6, 6.07) is 0.637. The molecule has 1 aromatic rings. The second-order valence-electron chi connectivity index (χ2n) is 4.93. The minimum Gasteiger partial charge on any atom is -0.359 e. The third-order valence-corrected chi connectivity index (χ3v) is 3.16. The molecule has 0 bridgehead atoms. The van der Waals surface area contributed by atoms with E-state index in [1.807, 2.05) is 14.0 Å². The van der Waals surface area contributed by atoms with Crippen molar-refractivity contribution in [3.8, 4) is 0 Å². The van der Waals surface area contributed by atoms with Crippen LogP contribution in [0.4, 0.5) is 5.95 Å². The Morgan fingerprint density at radius 2 is 2.12 bits per heavy atom. The van der Waals surface area contributed by atoms with Crippen molar-refractivity contribution in [1.82, 2.24) is 14.5 Å². The highest BCUT2D eigenvalue weighted by molar-refractivity contribution is 5.27. The van der Waals surface area contributed by atoms with E-state index in [1.54, 1.807) is 0 Å². The number of nitrogens with zero attached hydrogens (tertiary/aromatic N) is 3. The molecule has 0 aliphatic heterocycles. The topological polar surface area (TPSA) is 33.1 Å². The van der Waals surface area contributed by atoms with E-state index in [0.29, 0.717) is 6.04 Å². The number of anilines is 1. The first-order valence-electron chi connectivity index (χ1n) is 6.46. The molecule has 0 amide bonds. The van der Waals surface area contributed by atoms with E-state index in [4.69, 9.17) is 0 Å². The van der Waals surface area contributed by atoms with Crippen molar-refractivity contribution in [3.63, 3.8) is 0 Å². The first kappa shape index (κ1) is 14.0. The molecule has 0 saturated carbocycles. The van der Waals surface area contributed by atoms with E-state index >= 15 is 0 Å². The Kier molecular flexibility index (Phi) is 5.48. The van der Waals surface area contributed by atoms with Crippen molar-refractivity contribution in [3.05, 3.63) is 11.9 Å². The highest BCUT2D eigenvalue weighted by atomic mass is 15.2. The minimum absolute atomic E-state index is 0.637. The second-order valence-corrected chi connectivity index (χ2v) is 4.93. The summed E-state index contributed by atoms with van der Waals surface area (Å²) in [5, 5.41) is 3.13. The maximum Gasteiger partial charge on any atom is 0.202 e. The molecule has 0 fully saturated rings. The van der Waals surface area contributed by atoms with Crippen molar-refractivity contribution in [1.29, 1.82) is 0 Å². The molecule has 1 heterocycles. The van der Waals surface area contributed by atoms with E-state index in [2.05, 4.69) is 46.9 Å². The van der Waals surface area contributed by atoms with Crippen LogP contribution in [0, 0.1) is 6.92 Å². The fraction of sp³-hybridized carbons (Fsp3) is 0.769. The fourth-order valence-corrected chi connectivity index (χ4v) is 1.82. The van der Waals surface area contributed by atoms with Crippen LogP contribution in [0.2, 0.25) is 0 Å². The number of hydrogen-bond donors (Lipinski definition) is 1. The molecule has 17 heavy (non-hydrogen) atoms. The fourth-order valence-electron chi connectivity index (χ4n) is 1.82. The molecule has 4 heteroatoms. The zero-order valence-corrected chi connectivity index (χ0v) is 11.8. The minimum atomic E-state index is 0.637. The van der Waals surface area contributed by atoms with Gasteiger partial charge in [-0.2, -0.15) is 0 Å². The predicted molar refractivity (Wildman–Crippen MR) is 73.5 cm³/mol. The van der Waals surface area contributed by atoms with E-state index in [-0.39, 0.29) is 0 Å². The molecule has 1 N–H and O–H groups in total. The maximum atomic E-state index is 4.41. The molecular weight excluding hydrogens is 212 g/mol. The number of aromatic nitrogens is 2. The van der Waals surface area contributed by atoms with Crippen LogP contribution in [0.3, 0.4) is 0 Å². The average molecular weight is 238 g/mol. The molecule has 0 spiro atoms. The predicted octanol–water partition coefficient (Wildman–Crippen LogP) is 2.35. The first-order valence-corrected chi connectivity index (χ1v) is 6.46. The van der Waals surface area contributed by atoms with Gasteiger partial charge in [0.25, 0.3) is 0 Å². The Morgan fingerprint density at radius 3 is 2.71 bits per heavy atom. The zero-order valence-electron chi connectivity index (χ0n) is 11.8. The van der Waals surface area contributed by atoms with Gasteiger partial charge in [-0.15, -0.1) is 0 Å². The Balaban J connectivity index is 2.31. The molecule has 1 rings (SSSR count). The van der Waals surface area contributed by atoms with Gasteiger partial charge in [-0.05, 0) is 47.2 Å². The first-order chi connectivity index (χ1) is 8.04. The summed E-state index contributed by atoms with van der Waals surface area (Å²) in [6.45, 7) is 8.71. The largest absolute Gasteiger partial charge is 0.359 e. The molecule has 0 saturated heterocycles. The number of rotatable bonds is 7. The van der Waals surface area contributed by atoms with Crippen LogP contribution in [-0.2, 0) is 6.54 Å². The van der Waals surface area contributed by atoms with E-state index in [1.165, 1.54) is 19.4 Å². The van der Waals surface area contributed by atoms with Crippen LogP contribution in [0.15, 0.2) is 6.20 Å². The summed E-state index contributed by atoms with van der Waals surface area (Å²) in [6.07, 6.45) is 4.54. The van der Waals surface area contributed by atoms with Crippen LogP contribution in [0.25, 0.3) is 0 Å². The van der Waals surface area contributed by atoms with Crippen molar-refractivity contribution in [2.75, 3.05) is 26.0 Å². The SMILES string of the molecule is CNc1nc(C)cn1CCCCN(C)C(C)C. The highest BCUT2D eigenvalue weighted by Gasteiger charge is 2.04. The maximum absolute atomic E-state index is 4.41. The van der Waals surface area contributed by atoms with Crippen LogP contribution >= 0.6 is 0 Å². The normalized spacial score (nSPS) is 11.5. The summed E-state index contributed by atoms with van der Waals surface area (Å²) in [4.78, 5) is 6.80. The van der Waals surface area contributed by atoms with Crippen molar-refractivity contribution >= 4 is 5.95 Å². The van der Waals surface area contributed by atoms with Crippen LogP contribution < -0.4 is 5.32 Å². The molecule has 0 radical (unpaired) electrons. The summed E-state index contributed by atoms with van der Waals surface area (Å²) in [5.74, 6) is 0.972. The Morgan fingerprint density at radius 1 is 1.41 bits per heavy atom. The third kappa shape index (κ3) is 4.38. The van der Waals surface area contributed by atoms with E-state index in [9.17, 15) is 0 Å². The van der Waals surface area contributed by atoms with Gasteiger partial charge in [0.05, 0.1) is 5.69 Å². The summed E-state index contributed by atoms with van der Waals surface area (Å²) < 4.78 is 2.20. The monoisotopic (exact) mass is 238 g/mol. The Hall–Kier alpha value is -1.03. The lowest BCUT2D eigenvalue weighted by Gasteiger charge is -2.20. The van der Waals surface area contributed by atoms with Gasteiger partial charge in [-0.1, -0.05) is 0 Å². The summed E-state index contributed by atoms with van der Waals surface area (Å²) in [7, 11) is 4.11. The third-order valence-electron chi connectivity index (χ3n) is 3.16. The number of unbranched alkanes of at least 4 members (excludes halogenated alkanes) is 1.